The monoisotopic (exact) mass is 663 g/mol. The first-order chi connectivity index (χ1) is 22.1. The molecule has 0 aliphatic heterocycles. The van der Waals surface area contributed by atoms with Crippen LogP contribution in [-0.2, 0) is 28.8 Å². The molecule has 4 aliphatic rings. The highest BCUT2D eigenvalue weighted by Gasteiger charge is 2.56. The minimum absolute atomic E-state index is 0.155. The van der Waals surface area contributed by atoms with Crippen LogP contribution in [0.4, 0.5) is 0 Å². The van der Waals surface area contributed by atoms with Gasteiger partial charge in [-0.1, -0.05) is 62.3 Å². The van der Waals surface area contributed by atoms with Gasteiger partial charge in [0.2, 0.25) is 18.2 Å². The first-order valence-corrected chi connectivity index (χ1v) is 17.9. The van der Waals surface area contributed by atoms with Gasteiger partial charge in [-0.25, -0.2) is 29.4 Å². The van der Waals surface area contributed by atoms with Crippen LogP contribution in [0.25, 0.3) is 0 Å². The lowest BCUT2D eigenvalue weighted by Crippen LogP contribution is -2.53. The molecule has 0 amide bonds. The van der Waals surface area contributed by atoms with Gasteiger partial charge in [0, 0.05) is 0 Å². The van der Waals surface area contributed by atoms with E-state index in [9.17, 15) is 28.8 Å². The summed E-state index contributed by atoms with van der Waals surface area (Å²) in [6.07, 6.45) is 12.3. The second kappa shape index (κ2) is 13.5. The Labute approximate surface area is 286 Å². The third-order valence-corrected chi connectivity index (χ3v) is 12.1. The zero-order chi connectivity index (χ0) is 35.9. The molecule has 9 heteroatoms. The second-order valence-corrected chi connectivity index (χ2v) is 19.8. The van der Waals surface area contributed by atoms with E-state index < -0.39 is 34.0 Å². The number of carbonyl (C=O) groups is 3. The molecule has 0 spiro atoms. The van der Waals surface area contributed by atoms with Gasteiger partial charge in [0.1, 0.15) is 0 Å². The lowest BCUT2D eigenvalue weighted by molar-refractivity contribution is -0.155. The average molecular weight is 664 g/mol. The van der Waals surface area contributed by atoms with Crippen molar-refractivity contribution in [2.45, 2.75) is 157 Å². The molecular formula is C39H57N3O6. The van der Waals surface area contributed by atoms with Gasteiger partial charge >= 0.3 is 0 Å². The van der Waals surface area contributed by atoms with E-state index in [0.29, 0.717) is 38.5 Å². The van der Waals surface area contributed by atoms with Crippen LogP contribution < -0.4 is 0 Å². The fourth-order valence-electron chi connectivity index (χ4n) is 11.9. The highest BCUT2D eigenvalue weighted by Crippen LogP contribution is 2.56. The van der Waals surface area contributed by atoms with E-state index in [0.717, 1.165) is 38.5 Å². The van der Waals surface area contributed by atoms with Crippen molar-refractivity contribution < 1.29 is 28.8 Å². The molecule has 4 aliphatic carbocycles. The predicted octanol–water partition coefficient (Wildman–Crippen LogP) is 7.49. The van der Waals surface area contributed by atoms with Crippen molar-refractivity contribution in [2.75, 3.05) is 0 Å². The standard InChI is InChI=1S/C39H57N3O6/c1-34(2)10-25(40-22-43)13-37(7,19-34)16-28-31(46)29(17-38(8)14-26(41-23-44)11-35(3,4)20-38)33(48)30(32(28)47)18-39(9)15-27(42-24-45)12-36(5,6)21-39/h25-30H,10-21H2,1-9H3. The average Bonchev–Trinajstić information content (AvgIpc) is 2.89. The SMILES string of the molecule is CC1(C)CC(N=C=O)CC(C)(CC2C(=O)C(CC3(C)CC(N=C=O)CC(C)(C)C3)C(=O)C(CC3(C)CC(N=C=O)CC(C)(C)C3)C2=O)C1. The van der Waals surface area contributed by atoms with Crippen LogP contribution in [-0.4, -0.2) is 53.7 Å². The number of ketones is 3. The first-order valence-electron chi connectivity index (χ1n) is 17.9. The number of nitrogens with zero attached hydrogens (tertiary/aromatic N) is 3. The maximum Gasteiger partial charge on any atom is 0.235 e. The Morgan fingerprint density at radius 3 is 0.896 bits per heavy atom. The molecule has 0 saturated heterocycles. The number of aliphatic imine (C=N–C) groups is 3. The summed E-state index contributed by atoms with van der Waals surface area (Å²) in [5, 5.41) is 0. The zero-order valence-electron chi connectivity index (χ0n) is 30.7. The van der Waals surface area contributed by atoms with E-state index in [2.05, 4.69) is 77.3 Å². The molecule has 0 heterocycles. The number of Topliss-reactive ketones (excluding diaryl/α,β-unsaturated/α-hetero) is 3. The molecule has 264 valence electrons. The Hall–Kier alpha value is -2.85. The highest BCUT2D eigenvalue weighted by molar-refractivity contribution is 6.24. The molecule has 0 aromatic carbocycles. The maximum atomic E-state index is 14.6. The van der Waals surface area contributed by atoms with E-state index in [-0.39, 0.29) is 51.7 Å². The smallest absolute Gasteiger partial charge is 0.235 e. The molecule has 9 nitrogen and oxygen atoms in total. The van der Waals surface area contributed by atoms with Gasteiger partial charge in [-0.05, 0) is 110 Å². The van der Waals surface area contributed by atoms with Gasteiger partial charge in [0.25, 0.3) is 0 Å². The van der Waals surface area contributed by atoms with Gasteiger partial charge < -0.3 is 0 Å². The van der Waals surface area contributed by atoms with Crippen LogP contribution in [0.3, 0.4) is 0 Å². The normalized spacial score (nSPS) is 40.6. The molecule has 4 saturated carbocycles. The minimum Gasteiger partial charge on any atom is -0.298 e. The van der Waals surface area contributed by atoms with Crippen molar-refractivity contribution in [3.05, 3.63) is 0 Å². The summed E-state index contributed by atoms with van der Waals surface area (Å²) in [4.78, 5) is 89.9. The van der Waals surface area contributed by atoms with Crippen LogP contribution >= 0.6 is 0 Å². The topological polar surface area (TPSA) is 140 Å². The number of hydrogen-bond acceptors (Lipinski definition) is 9. The largest absolute Gasteiger partial charge is 0.298 e. The molecule has 0 aromatic rings. The zero-order valence-corrected chi connectivity index (χ0v) is 30.7. The molecule has 4 rings (SSSR count). The van der Waals surface area contributed by atoms with Gasteiger partial charge in [0.05, 0.1) is 35.9 Å². The summed E-state index contributed by atoms with van der Waals surface area (Å²) in [7, 11) is 0. The third-order valence-electron chi connectivity index (χ3n) is 12.1. The fourth-order valence-corrected chi connectivity index (χ4v) is 11.9. The van der Waals surface area contributed by atoms with Crippen molar-refractivity contribution in [1.29, 1.82) is 0 Å². The first kappa shape index (κ1) is 38.0. The second-order valence-electron chi connectivity index (χ2n) is 19.8. The Morgan fingerprint density at radius 2 is 0.688 bits per heavy atom. The van der Waals surface area contributed by atoms with E-state index in [1.807, 2.05) is 0 Å². The summed E-state index contributed by atoms with van der Waals surface area (Å²) in [5.41, 5.74) is -1.80. The Bertz CT molecular complexity index is 1260. The van der Waals surface area contributed by atoms with Crippen molar-refractivity contribution >= 4 is 35.6 Å². The summed E-state index contributed by atoms with van der Waals surface area (Å²) in [6.45, 7) is 19.0. The third kappa shape index (κ3) is 8.84. The molecule has 0 bridgehead atoms. The van der Waals surface area contributed by atoms with Crippen molar-refractivity contribution in [1.82, 2.24) is 0 Å². The van der Waals surface area contributed by atoms with E-state index in [1.54, 1.807) is 18.2 Å². The molecule has 0 radical (unpaired) electrons. The van der Waals surface area contributed by atoms with Crippen LogP contribution in [0, 0.1) is 50.2 Å². The fraction of sp³-hybridized carbons (Fsp3) is 0.846. The summed E-state index contributed by atoms with van der Waals surface area (Å²) >= 11 is 0. The predicted molar refractivity (Wildman–Crippen MR) is 182 cm³/mol. The molecular weight excluding hydrogens is 606 g/mol. The summed E-state index contributed by atoms with van der Waals surface area (Å²) in [6, 6.07) is -0.720. The van der Waals surface area contributed by atoms with Crippen LogP contribution in [0.15, 0.2) is 15.0 Å². The number of carbonyl (C=O) groups excluding carboxylic acids is 6. The van der Waals surface area contributed by atoms with Crippen LogP contribution in [0.2, 0.25) is 0 Å². The van der Waals surface area contributed by atoms with Gasteiger partial charge in [-0.15, -0.1) is 0 Å². The molecule has 6 atom stereocenters. The number of isocyanates is 3. The van der Waals surface area contributed by atoms with Crippen LogP contribution in [0.1, 0.15) is 139 Å². The molecule has 0 N–H and O–H groups in total. The van der Waals surface area contributed by atoms with Gasteiger partial charge in [-0.2, -0.15) is 0 Å². The van der Waals surface area contributed by atoms with Gasteiger partial charge in [-0.3, -0.25) is 14.4 Å². The maximum absolute atomic E-state index is 14.6. The number of rotatable bonds is 9. The molecule has 0 aromatic heterocycles. The van der Waals surface area contributed by atoms with E-state index in [1.165, 1.54) is 0 Å². The Kier molecular flexibility index (Phi) is 10.6. The lowest BCUT2D eigenvalue weighted by Gasteiger charge is -2.50. The lowest BCUT2D eigenvalue weighted by atomic mass is 9.53. The summed E-state index contributed by atoms with van der Waals surface area (Å²) < 4.78 is 0. The molecule has 48 heavy (non-hydrogen) atoms. The summed E-state index contributed by atoms with van der Waals surface area (Å²) in [5.74, 6) is -3.70. The van der Waals surface area contributed by atoms with Crippen molar-refractivity contribution in [3.63, 3.8) is 0 Å². The highest BCUT2D eigenvalue weighted by atomic mass is 16.2. The van der Waals surface area contributed by atoms with E-state index in [4.69, 9.17) is 0 Å². The van der Waals surface area contributed by atoms with Crippen molar-refractivity contribution in [2.24, 2.45) is 65.2 Å². The Morgan fingerprint density at radius 1 is 0.458 bits per heavy atom. The Balaban J connectivity index is 1.74. The molecule has 4 fully saturated rings. The van der Waals surface area contributed by atoms with Gasteiger partial charge in [0.15, 0.2) is 17.3 Å². The van der Waals surface area contributed by atoms with Crippen molar-refractivity contribution in [3.8, 4) is 0 Å². The minimum atomic E-state index is -0.939. The molecule has 6 unspecified atom stereocenters. The van der Waals surface area contributed by atoms with Crippen LogP contribution in [0.5, 0.6) is 0 Å². The quantitative estimate of drug-likeness (QED) is 0.142. The van der Waals surface area contributed by atoms with E-state index >= 15 is 0 Å². The number of hydrogen-bond donors (Lipinski definition) is 0.